The summed E-state index contributed by atoms with van der Waals surface area (Å²) in [5, 5.41) is 0. The molecule has 5 heteroatoms. The van der Waals surface area contributed by atoms with E-state index in [-0.39, 0.29) is 23.1 Å². The third-order valence-electron chi connectivity index (χ3n) is 3.69. The number of carbonyl (C=O) groups is 1. The molecule has 1 saturated heterocycles. The molecule has 3 rings (SSSR count). The van der Waals surface area contributed by atoms with Crippen LogP contribution in [-0.2, 0) is 14.8 Å². The number of nitrogens with zero attached hydrogens (tertiary/aromatic N) is 1. The zero-order valence-electron chi connectivity index (χ0n) is 11.5. The molecular formula is C14H15NO3S. The van der Waals surface area contributed by atoms with Crippen LogP contribution >= 0.6 is 0 Å². The van der Waals surface area contributed by atoms with Crippen molar-refractivity contribution in [3.8, 4) is 0 Å². The fourth-order valence-corrected chi connectivity index (χ4v) is 4.30. The lowest BCUT2D eigenvalue weighted by Gasteiger charge is -2.23. The van der Waals surface area contributed by atoms with Crippen LogP contribution in [0.15, 0.2) is 41.3 Å². The van der Waals surface area contributed by atoms with Crippen molar-refractivity contribution in [2.45, 2.75) is 30.7 Å². The molecule has 1 aromatic rings. The number of hydrogen-bond donors (Lipinski definition) is 0. The zero-order valence-corrected chi connectivity index (χ0v) is 11.4. The van der Waals surface area contributed by atoms with Gasteiger partial charge in [0.2, 0.25) is 5.91 Å². The van der Waals surface area contributed by atoms with Crippen LogP contribution in [0.25, 0.3) is 0 Å². The SMILES string of the molecule is [2H]C1=C[C@@H]2CC(=O)N(S(=O)(=O)c3ccc(C)cc3)[C@@H]2C1. The van der Waals surface area contributed by atoms with Crippen molar-refractivity contribution in [1.82, 2.24) is 4.31 Å². The Morgan fingerprint density at radius 1 is 1.32 bits per heavy atom. The molecule has 0 spiro atoms. The first kappa shape index (κ1) is 11.2. The van der Waals surface area contributed by atoms with Gasteiger partial charge in [-0.2, -0.15) is 0 Å². The van der Waals surface area contributed by atoms with Gasteiger partial charge in [0, 0.05) is 12.3 Å². The zero-order chi connectivity index (χ0) is 14.5. The van der Waals surface area contributed by atoms with Gasteiger partial charge in [-0.1, -0.05) is 29.8 Å². The maximum atomic E-state index is 12.6. The molecule has 1 aliphatic heterocycles. The van der Waals surface area contributed by atoms with Gasteiger partial charge in [-0.25, -0.2) is 12.7 Å². The third kappa shape index (κ3) is 1.89. The Morgan fingerprint density at radius 3 is 2.68 bits per heavy atom. The quantitative estimate of drug-likeness (QED) is 0.776. The van der Waals surface area contributed by atoms with Crippen LogP contribution in [0.5, 0.6) is 0 Å². The lowest BCUT2D eigenvalue weighted by Crippen LogP contribution is -2.38. The summed E-state index contributed by atoms with van der Waals surface area (Å²) in [6.45, 7) is 1.88. The van der Waals surface area contributed by atoms with Crippen molar-refractivity contribution in [3.63, 3.8) is 0 Å². The molecule has 0 aromatic heterocycles. The molecule has 0 unspecified atom stereocenters. The van der Waals surface area contributed by atoms with E-state index in [0.29, 0.717) is 12.5 Å². The third-order valence-corrected chi connectivity index (χ3v) is 5.55. The number of fused-ring (bicyclic) bond motifs is 1. The van der Waals surface area contributed by atoms with Crippen molar-refractivity contribution < 1.29 is 14.6 Å². The van der Waals surface area contributed by atoms with E-state index in [1.54, 1.807) is 18.2 Å². The Labute approximate surface area is 114 Å². The molecule has 2 aliphatic rings. The minimum absolute atomic E-state index is 0.135. The van der Waals surface area contributed by atoms with E-state index in [1.807, 2.05) is 6.92 Å². The summed E-state index contributed by atoms with van der Waals surface area (Å²) in [6, 6.07) is 6.48. The Hall–Kier alpha value is -1.62. The number of rotatable bonds is 2. The van der Waals surface area contributed by atoms with E-state index in [4.69, 9.17) is 1.37 Å². The Balaban J connectivity index is 1.99. The monoisotopic (exact) mass is 278 g/mol. The largest absolute Gasteiger partial charge is 0.274 e. The van der Waals surface area contributed by atoms with Gasteiger partial charge in [0.15, 0.2) is 0 Å². The molecule has 19 heavy (non-hydrogen) atoms. The van der Waals surface area contributed by atoms with Crippen molar-refractivity contribution in [2.24, 2.45) is 5.92 Å². The summed E-state index contributed by atoms with van der Waals surface area (Å²) in [7, 11) is -3.82. The van der Waals surface area contributed by atoms with Crippen molar-refractivity contribution in [2.75, 3.05) is 0 Å². The number of carbonyl (C=O) groups excluding carboxylic acids is 1. The van der Waals surface area contributed by atoms with Crippen LogP contribution in [0.3, 0.4) is 0 Å². The van der Waals surface area contributed by atoms with Gasteiger partial charge in [0.1, 0.15) is 0 Å². The van der Waals surface area contributed by atoms with Gasteiger partial charge in [-0.15, -0.1) is 0 Å². The highest BCUT2D eigenvalue weighted by Gasteiger charge is 2.46. The second-order valence-corrected chi connectivity index (χ2v) is 6.83. The Kier molecular flexibility index (Phi) is 2.48. The lowest BCUT2D eigenvalue weighted by atomic mass is 10.1. The van der Waals surface area contributed by atoms with E-state index in [2.05, 4.69) is 0 Å². The highest BCUT2D eigenvalue weighted by molar-refractivity contribution is 7.89. The number of aryl methyl sites for hydroxylation is 1. The van der Waals surface area contributed by atoms with Crippen LogP contribution in [0.4, 0.5) is 0 Å². The lowest BCUT2D eigenvalue weighted by molar-refractivity contribution is -0.124. The molecule has 0 bridgehead atoms. The highest BCUT2D eigenvalue weighted by Crippen LogP contribution is 2.37. The molecule has 1 amide bonds. The fourth-order valence-electron chi connectivity index (χ4n) is 2.67. The van der Waals surface area contributed by atoms with Gasteiger partial charge < -0.3 is 0 Å². The van der Waals surface area contributed by atoms with Gasteiger partial charge >= 0.3 is 0 Å². The van der Waals surface area contributed by atoms with E-state index in [0.717, 1.165) is 9.87 Å². The molecule has 100 valence electrons. The summed E-state index contributed by atoms with van der Waals surface area (Å²) >= 11 is 0. The smallest absolute Gasteiger partial charge is 0.266 e. The van der Waals surface area contributed by atoms with Crippen molar-refractivity contribution in [1.29, 1.82) is 0 Å². The second kappa shape index (κ2) is 4.20. The topological polar surface area (TPSA) is 54.5 Å². The second-order valence-electron chi connectivity index (χ2n) is 5.02. The molecule has 0 saturated carbocycles. The molecule has 0 radical (unpaired) electrons. The standard InChI is InChI=1S/C14H15NO3S/c1-10-5-7-12(8-6-10)19(17,18)15-13-4-2-3-11(13)9-14(15)16/h2-3,5-8,11,13H,4,9H2,1H3/t11-,13-/m1/s1/i2D. The molecular weight excluding hydrogens is 262 g/mol. The number of amides is 1. The van der Waals surface area contributed by atoms with Crippen LogP contribution in [0.2, 0.25) is 0 Å². The highest BCUT2D eigenvalue weighted by atomic mass is 32.2. The van der Waals surface area contributed by atoms with Gasteiger partial charge in [-0.05, 0) is 25.5 Å². The summed E-state index contributed by atoms with van der Waals surface area (Å²) in [5.41, 5.74) is 0.963. The van der Waals surface area contributed by atoms with Crippen molar-refractivity contribution in [3.05, 3.63) is 42.0 Å². The molecule has 1 aliphatic carbocycles. The van der Waals surface area contributed by atoms with Gasteiger partial charge in [-0.3, -0.25) is 4.79 Å². The van der Waals surface area contributed by atoms with E-state index >= 15 is 0 Å². The predicted octanol–water partition coefficient (Wildman–Crippen LogP) is 1.86. The summed E-state index contributed by atoms with van der Waals surface area (Å²) in [6.07, 6.45) is 2.20. The minimum Gasteiger partial charge on any atom is -0.274 e. The van der Waals surface area contributed by atoms with Gasteiger partial charge in [0.05, 0.1) is 12.3 Å². The average molecular weight is 278 g/mol. The van der Waals surface area contributed by atoms with Crippen molar-refractivity contribution >= 4 is 15.9 Å². The average Bonchev–Trinajstić information content (AvgIpc) is 2.83. The van der Waals surface area contributed by atoms with E-state index in [9.17, 15) is 13.2 Å². The predicted molar refractivity (Wildman–Crippen MR) is 70.9 cm³/mol. The van der Waals surface area contributed by atoms with Crippen LogP contribution in [-0.4, -0.2) is 24.7 Å². The summed E-state index contributed by atoms with van der Waals surface area (Å²) < 4.78 is 33.9. The molecule has 1 heterocycles. The molecule has 1 fully saturated rings. The van der Waals surface area contributed by atoms with E-state index in [1.165, 1.54) is 12.1 Å². The van der Waals surface area contributed by atoms with Crippen LogP contribution < -0.4 is 0 Å². The van der Waals surface area contributed by atoms with Crippen LogP contribution in [0.1, 0.15) is 19.8 Å². The molecule has 2 atom stereocenters. The number of sulfonamides is 1. The summed E-state index contributed by atoms with van der Waals surface area (Å²) in [4.78, 5) is 12.2. The first-order valence-corrected chi connectivity index (χ1v) is 7.65. The normalized spacial score (nSPS) is 27.2. The first-order chi connectivity index (χ1) is 9.39. The van der Waals surface area contributed by atoms with Crippen LogP contribution in [0, 0.1) is 12.8 Å². The molecule has 0 N–H and O–H groups in total. The Morgan fingerprint density at radius 2 is 2.00 bits per heavy atom. The maximum absolute atomic E-state index is 12.6. The molecule has 1 aromatic carbocycles. The summed E-state index contributed by atoms with van der Waals surface area (Å²) in [5.74, 6) is -0.514. The Bertz CT molecular complexity index is 694. The first-order valence-electron chi connectivity index (χ1n) is 6.71. The number of hydrogen-bond acceptors (Lipinski definition) is 3. The minimum atomic E-state index is -3.82. The van der Waals surface area contributed by atoms with Gasteiger partial charge in [0.25, 0.3) is 10.0 Å². The fraction of sp³-hybridized carbons (Fsp3) is 0.357. The van der Waals surface area contributed by atoms with E-state index < -0.39 is 16.1 Å². The molecule has 4 nitrogen and oxygen atoms in total. The number of benzene rings is 1. The maximum Gasteiger partial charge on any atom is 0.266 e.